The minimum Gasteiger partial charge on any atom is -0.337 e. The molecule has 37 heavy (non-hydrogen) atoms. The zero-order valence-corrected chi connectivity index (χ0v) is 19.0. The lowest BCUT2D eigenvalue weighted by atomic mass is 10.0. The van der Waals surface area contributed by atoms with E-state index in [0.717, 1.165) is 4.90 Å². The molecule has 0 aliphatic carbocycles. The van der Waals surface area contributed by atoms with E-state index in [1.807, 2.05) is 0 Å². The smallest absolute Gasteiger partial charge is 0.337 e. The third kappa shape index (κ3) is 5.90. The standard InChI is InChI=1S/C25H17F6N5O/c1-36(14-15-10-17(24(26,27)28)12-18(11-15)25(29,30)31)23(37)19-13-34-22(21-32-8-5-9-33-21)35-20(19)16-6-3-2-4-7-16/h2-13H,14H2,1H3. The largest absolute Gasteiger partial charge is 0.416 e. The van der Waals surface area contributed by atoms with Gasteiger partial charge in [0.1, 0.15) is 0 Å². The molecule has 2 aromatic heterocycles. The first-order valence-electron chi connectivity index (χ1n) is 10.7. The van der Waals surface area contributed by atoms with Crippen LogP contribution in [0.1, 0.15) is 27.0 Å². The molecule has 0 unspecified atom stereocenters. The van der Waals surface area contributed by atoms with E-state index in [9.17, 15) is 31.1 Å². The number of alkyl halides is 6. The fourth-order valence-corrected chi connectivity index (χ4v) is 3.54. The average molecular weight is 517 g/mol. The summed E-state index contributed by atoms with van der Waals surface area (Å²) in [6.45, 7) is -0.524. The highest BCUT2D eigenvalue weighted by Gasteiger charge is 2.37. The van der Waals surface area contributed by atoms with Crippen molar-refractivity contribution in [2.75, 3.05) is 7.05 Å². The van der Waals surface area contributed by atoms with Crippen LogP contribution in [0, 0.1) is 0 Å². The van der Waals surface area contributed by atoms with Crippen LogP contribution in [0.4, 0.5) is 26.3 Å². The lowest BCUT2D eigenvalue weighted by Gasteiger charge is -2.21. The van der Waals surface area contributed by atoms with Gasteiger partial charge in [-0.1, -0.05) is 30.3 Å². The summed E-state index contributed by atoms with van der Waals surface area (Å²) in [6.07, 6.45) is -5.78. The van der Waals surface area contributed by atoms with Crippen molar-refractivity contribution in [2.24, 2.45) is 0 Å². The summed E-state index contributed by atoms with van der Waals surface area (Å²) in [7, 11) is 1.26. The Kier molecular flexibility index (Phi) is 6.92. The molecule has 0 fully saturated rings. The summed E-state index contributed by atoms with van der Waals surface area (Å²) in [6, 6.07) is 11.4. The van der Waals surface area contributed by atoms with E-state index < -0.39 is 35.9 Å². The normalized spacial score (nSPS) is 11.9. The Hall–Kier alpha value is -4.35. The van der Waals surface area contributed by atoms with Crippen molar-refractivity contribution in [3.63, 3.8) is 0 Å². The molecule has 1 amide bonds. The maximum absolute atomic E-state index is 13.3. The van der Waals surface area contributed by atoms with E-state index in [0.29, 0.717) is 17.7 Å². The number of halogens is 6. The Balaban J connectivity index is 1.72. The van der Waals surface area contributed by atoms with Crippen molar-refractivity contribution in [1.82, 2.24) is 24.8 Å². The second-order valence-electron chi connectivity index (χ2n) is 7.97. The molecule has 0 aliphatic rings. The average Bonchev–Trinajstić information content (AvgIpc) is 2.87. The van der Waals surface area contributed by atoms with Gasteiger partial charge >= 0.3 is 12.4 Å². The van der Waals surface area contributed by atoms with Crippen LogP contribution in [0.2, 0.25) is 0 Å². The Morgan fingerprint density at radius 3 is 1.97 bits per heavy atom. The zero-order valence-electron chi connectivity index (χ0n) is 19.0. The third-order valence-electron chi connectivity index (χ3n) is 5.25. The molecule has 190 valence electrons. The van der Waals surface area contributed by atoms with Crippen molar-refractivity contribution < 1.29 is 31.1 Å². The number of nitrogens with zero attached hydrogens (tertiary/aromatic N) is 5. The van der Waals surface area contributed by atoms with E-state index in [2.05, 4.69) is 19.9 Å². The molecule has 0 saturated heterocycles. The van der Waals surface area contributed by atoms with Crippen LogP contribution in [0.25, 0.3) is 22.9 Å². The van der Waals surface area contributed by atoms with Gasteiger partial charge in [-0.25, -0.2) is 19.9 Å². The number of carbonyl (C=O) groups is 1. The van der Waals surface area contributed by atoms with E-state index in [-0.39, 0.29) is 34.5 Å². The van der Waals surface area contributed by atoms with Gasteiger partial charge in [-0.15, -0.1) is 0 Å². The summed E-state index contributed by atoms with van der Waals surface area (Å²) in [5.74, 6) is -0.368. The molecule has 0 bridgehead atoms. The van der Waals surface area contributed by atoms with Gasteiger partial charge in [0, 0.05) is 37.7 Å². The first-order chi connectivity index (χ1) is 17.4. The van der Waals surface area contributed by atoms with Gasteiger partial charge in [0.25, 0.3) is 5.91 Å². The zero-order chi connectivity index (χ0) is 26.8. The summed E-state index contributed by atoms with van der Waals surface area (Å²) >= 11 is 0. The van der Waals surface area contributed by atoms with Gasteiger partial charge in [0.2, 0.25) is 0 Å². The highest BCUT2D eigenvalue weighted by molar-refractivity contribution is 5.99. The molecule has 12 heteroatoms. The molecule has 6 nitrogen and oxygen atoms in total. The molecule has 2 heterocycles. The minimum atomic E-state index is -5.00. The number of carbonyl (C=O) groups excluding carboxylic acids is 1. The van der Waals surface area contributed by atoms with Crippen molar-refractivity contribution in [3.05, 3.63) is 95.4 Å². The lowest BCUT2D eigenvalue weighted by Crippen LogP contribution is -2.27. The molecular weight excluding hydrogens is 500 g/mol. The van der Waals surface area contributed by atoms with E-state index in [1.54, 1.807) is 36.4 Å². The maximum Gasteiger partial charge on any atom is 0.416 e. The van der Waals surface area contributed by atoms with Crippen LogP contribution < -0.4 is 0 Å². The third-order valence-corrected chi connectivity index (χ3v) is 5.25. The minimum absolute atomic E-state index is 0.00333. The highest BCUT2D eigenvalue weighted by atomic mass is 19.4. The number of hydrogen-bond donors (Lipinski definition) is 0. The molecule has 0 saturated carbocycles. The molecule has 4 rings (SSSR count). The fraction of sp³-hybridized carbons (Fsp3) is 0.160. The van der Waals surface area contributed by atoms with E-state index in [4.69, 9.17) is 0 Å². The second-order valence-corrected chi connectivity index (χ2v) is 7.97. The van der Waals surface area contributed by atoms with Gasteiger partial charge in [-0.05, 0) is 29.8 Å². The first-order valence-corrected chi connectivity index (χ1v) is 10.7. The van der Waals surface area contributed by atoms with Crippen LogP contribution in [0.15, 0.2) is 73.2 Å². The quantitative estimate of drug-likeness (QED) is 0.308. The van der Waals surface area contributed by atoms with Crippen LogP contribution in [0.3, 0.4) is 0 Å². The molecule has 0 N–H and O–H groups in total. The molecular formula is C25H17F6N5O. The predicted octanol–water partition coefficient (Wildman–Crippen LogP) is 5.91. The lowest BCUT2D eigenvalue weighted by molar-refractivity contribution is -0.143. The molecule has 0 spiro atoms. The van der Waals surface area contributed by atoms with Crippen LogP contribution in [0.5, 0.6) is 0 Å². The van der Waals surface area contributed by atoms with Crippen molar-refractivity contribution in [1.29, 1.82) is 0 Å². The molecule has 2 aromatic carbocycles. The van der Waals surface area contributed by atoms with Crippen LogP contribution in [-0.2, 0) is 18.9 Å². The Labute approximate surface area is 206 Å². The van der Waals surface area contributed by atoms with Crippen LogP contribution in [-0.4, -0.2) is 37.8 Å². The summed E-state index contributed by atoms with van der Waals surface area (Å²) in [5, 5.41) is 0. The van der Waals surface area contributed by atoms with Gasteiger partial charge in [-0.2, -0.15) is 26.3 Å². The van der Waals surface area contributed by atoms with Gasteiger partial charge in [0.05, 0.1) is 22.4 Å². The van der Waals surface area contributed by atoms with Crippen LogP contribution >= 0.6 is 0 Å². The topological polar surface area (TPSA) is 71.9 Å². The van der Waals surface area contributed by atoms with Gasteiger partial charge in [0.15, 0.2) is 11.6 Å². The molecule has 0 aliphatic heterocycles. The monoisotopic (exact) mass is 517 g/mol. The molecule has 0 radical (unpaired) electrons. The summed E-state index contributed by atoms with van der Waals surface area (Å²) < 4.78 is 79.4. The van der Waals surface area contributed by atoms with Crippen molar-refractivity contribution in [3.8, 4) is 22.9 Å². The molecule has 0 atom stereocenters. The summed E-state index contributed by atoms with van der Waals surface area (Å²) in [4.78, 5) is 31.1. The van der Waals surface area contributed by atoms with Crippen molar-refractivity contribution >= 4 is 5.91 Å². The van der Waals surface area contributed by atoms with Gasteiger partial charge in [-0.3, -0.25) is 4.79 Å². The Morgan fingerprint density at radius 2 is 1.41 bits per heavy atom. The number of rotatable bonds is 5. The Morgan fingerprint density at radius 1 is 0.811 bits per heavy atom. The number of amides is 1. The second kappa shape index (κ2) is 9.96. The van der Waals surface area contributed by atoms with E-state index >= 15 is 0 Å². The number of aromatic nitrogens is 4. The van der Waals surface area contributed by atoms with Crippen molar-refractivity contribution in [2.45, 2.75) is 18.9 Å². The first kappa shape index (κ1) is 25.7. The Bertz CT molecular complexity index is 1380. The van der Waals surface area contributed by atoms with Gasteiger partial charge < -0.3 is 4.90 Å². The fourth-order valence-electron chi connectivity index (χ4n) is 3.54. The molecule has 4 aromatic rings. The summed E-state index contributed by atoms with van der Waals surface area (Å²) in [5.41, 5.74) is -2.52. The number of benzene rings is 2. The maximum atomic E-state index is 13.3. The highest BCUT2D eigenvalue weighted by Crippen LogP contribution is 2.36. The number of hydrogen-bond acceptors (Lipinski definition) is 5. The SMILES string of the molecule is CN(Cc1cc(C(F)(F)F)cc(C(F)(F)F)c1)C(=O)c1cnc(-c2ncccn2)nc1-c1ccccc1. The predicted molar refractivity (Wildman–Crippen MR) is 121 cm³/mol. The van der Waals surface area contributed by atoms with E-state index in [1.165, 1.54) is 25.6 Å².